The fraction of sp³-hybridized carbons (Fsp3) is 0.583. The van der Waals surface area contributed by atoms with E-state index in [4.69, 9.17) is 5.84 Å². The second kappa shape index (κ2) is 4.65. The van der Waals surface area contributed by atoms with Crippen LogP contribution in [0.1, 0.15) is 39.0 Å². The third kappa shape index (κ3) is 2.33. The highest BCUT2D eigenvalue weighted by Crippen LogP contribution is 2.32. The molecule has 3 rings (SSSR count). The summed E-state index contributed by atoms with van der Waals surface area (Å²) in [5.41, 5.74) is 3.26. The van der Waals surface area contributed by atoms with E-state index in [2.05, 4.69) is 37.8 Å². The van der Waals surface area contributed by atoms with Gasteiger partial charge in [0.05, 0.1) is 11.6 Å². The first-order valence-corrected chi connectivity index (χ1v) is 6.66. The minimum atomic E-state index is 0.0860. The van der Waals surface area contributed by atoms with E-state index in [1.54, 1.807) is 6.20 Å². The van der Waals surface area contributed by atoms with Gasteiger partial charge in [-0.1, -0.05) is 19.3 Å². The summed E-state index contributed by atoms with van der Waals surface area (Å²) in [5.74, 6) is 6.58. The second-order valence-electron chi connectivity index (χ2n) is 5.42. The van der Waals surface area contributed by atoms with Gasteiger partial charge in [0, 0.05) is 5.54 Å². The van der Waals surface area contributed by atoms with Gasteiger partial charge in [0.25, 0.3) is 0 Å². The van der Waals surface area contributed by atoms with Crippen molar-refractivity contribution < 1.29 is 0 Å². The van der Waals surface area contributed by atoms with E-state index in [9.17, 15) is 0 Å². The number of anilines is 2. The molecule has 5 N–H and O–H groups in total. The van der Waals surface area contributed by atoms with Crippen LogP contribution in [0.15, 0.2) is 6.20 Å². The Balaban J connectivity index is 1.96. The molecule has 2 aromatic heterocycles. The number of H-pyrrole nitrogens is 1. The average molecular weight is 261 g/mol. The fourth-order valence-corrected chi connectivity index (χ4v) is 2.74. The number of hydrogen-bond donors (Lipinski definition) is 4. The summed E-state index contributed by atoms with van der Waals surface area (Å²) in [5, 5.41) is 11.3. The van der Waals surface area contributed by atoms with Crippen LogP contribution in [0.25, 0.3) is 11.0 Å². The van der Waals surface area contributed by atoms with Gasteiger partial charge in [-0.2, -0.15) is 15.1 Å². The molecule has 0 saturated heterocycles. The highest BCUT2D eigenvalue weighted by molar-refractivity contribution is 5.87. The summed E-state index contributed by atoms with van der Waals surface area (Å²) in [6, 6.07) is 0. The predicted octanol–water partition coefficient (Wildman–Crippen LogP) is 1.77. The standard InChI is InChI=1S/C12H19N7/c1-12(5-3-2-4-6-12)17-9-8-7-14-19-10(8)16-11(15-9)18-13/h7H,2-6,13H2,1H3,(H3,14,15,16,17,18,19). The van der Waals surface area contributed by atoms with E-state index in [1.807, 2.05) is 0 Å². The van der Waals surface area contributed by atoms with Crippen molar-refractivity contribution in [1.82, 2.24) is 20.2 Å². The molecule has 2 heterocycles. The lowest BCUT2D eigenvalue weighted by atomic mass is 9.83. The monoisotopic (exact) mass is 261 g/mol. The number of nitrogens with two attached hydrogens (primary N) is 1. The van der Waals surface area contributed by atoms with Crippen molar-refractivity contribution in [2.45, 2.75) is 44.6 Å². The van der Waals surface area contributed by atoms with Gasteiger partial charge < -0.3 is 5.32 Å². The predicted molar refractivity (Wildman–Crippen MR) is 74.6 cm³/mol. The maximum atomic E-state index is 5.41. The molecule has 1 fully saturated rings. The number of hydrogen-bond acceptors (Lipinski definition) is 6. The maximum absolute atomic E-state index is 5.41. The van der Waals surface area contributed by atoms with Gasteiger partial charge in [0.2, 0.25) is 5.95 Å². The van der Waals surface area contributed by atoms with Crippen molar-refractivity contribution in [3.8, 4) is 0 Å². The number of nitrogens with one attached hydrogen (secondary N) is 3. The van der Waals surface area contributed by atoms with Gasteiger partial charge in [-0.3, -0.25) is 10.5 Å². The van der Waals surface area contributed by atoms with Crippen molar-refractivity contribution in [1.29, 1.82) is 0 Å². The number of hydrazine groups is 1. The SMILES string of the molecule is CC1(Nc2nc(NN)nc3[nH]ncc23)CCCCC1. The van der Waals surface area contributed by atoms with E-state index < -0.39 is 0 Å². The number of aromatic nitrogens is 4. The normalized spacial score (nSPS) is 18.4. The molecule has 1 aliphatic rings. The molecule has 0 radical (unpaired) electrons. The number of rotatable bonds is 3. The molecule has 1 saturated carbocycles. The first-order chi connectivity index (χ1) is 9.20. The second-order valence-corrected chi connectivity index (χ2v) is 5.42. The smallest absolute Gasteiger partial charge is 0.241 e. The largest absolute Gasteiger partial charge is 0.364 e. The zero-order valence-electron chi connectivity index (χ0n) is 11.0. The molecule has 0 bridgehead atoms. The van der Waals surface area contributed by atoms with Gasteiger partial charge >= 0.3 is 0 Å². The van der Waals surface area contributed by atoms with E-state index in [0.717, 1.165) is 24.0 Å². The van der Waals surface area contributed by atoms with Crippen LogP contribution in [0.2, 0.25) is 0 Å². The van der Waals surface area contributed by atoms with Crippen molar-refractivity contribution in [3.63, 3.8) is 0 Å². The third-order valence-corrected chi connectivity index (χ3v) is 3.82. The summed E-state index contributed by atoms with van der Waals surface area (Å²) >= 11 is 0. The molecular weight excluding hydrogens is 242 g/mol. The molecule has 102 valence electrons. The number of nitrogens with zero attached hydrogens (tertiary/aromatic N) is 3. The van der Waals surface area contributed by atoms with Crippen LogP contribution in [0.3, 0.4) is 0 Å². The van der Waals surface area contributed by atoms with Crippen LogP contribution in [0.4, 0.5) is 11.8 Å². The lowest BCUT2D eigenvalue weighted by Crippen LogP contribution is -2.37. The van der Waals surface area contributed by atoms with Gasteiger partial charge in [-0.05, 0) is 19.8 Å². The Labute approximate surface area is 111 Å². The Bertz CT molecular complexity index is 570. The van der Waals surface area contributed by atoms with Crippen LogP contribution >= 0.6 is 0 Å². The molecule has 19 heavy (non-hydrogen) atoms. The highest BCUT2D eigenvalue weighted by atomic mass is 15.3. The zero-order valence-corrected chi connectivity index (χ0v) is 11.0. The Morgan fingerprint density at radius 2 is 2.05 bits per heavy atom. The highest BCUT2D eigenvalue weighted by Gasteiger charge is 2.27. The van der Waals surface area contributed by atoms with E-state index in [1.165, 1.54) is 19.3 Å². The summed E-state index contributed by atoms with van der Waals surface area (Å²) in [6.45, 7) is 2.25. The van der Waals surface area contributed by atoms with Gasteiger partial charge in [-0.25, -0.2) is 5.84 Å². The molecule has 7 nitrogen and oxygen atoms in total. The number of aromatic amines is 1. The molecular formula is C12H19N7. The molecule has 0 atom stereocenters. The Kier molecular flexibility index (Phi) is 2.98. The topological polar surface area (TPSA) is 105 Å². The molecule has 1 aliphatic carbocycles. The maximum Gasteiger partial charge on any atom is 0.241 e. The lowest BCUT2D eigenvalue weighted by molar-refractivity contribution is 0.349. The summed E-state index contributed by atoms with van der Waals surface area (Å²) < 4.78 is 0. The van der Waals surface area contributed by atoms with Crippen LogP contribution in [-0.2, 0) is 0 Å². The molecule has 0 aromatic carbocycles. The summed E-state index contributed by atoms with van der Waals surface area (Å²) in [4.78, 5) is 8.64. The third-order valence-electron chi connectivity index (χ3n) is 3.82. The van der Waals surface area contributed by atoms with Crippen LogP contribution in [0.5, 0.6) is 0 Å². The van der Waals surface area contributed by atoms with E-state index in [0.29, 0.717) is 11.6 Å². The lowest BCUT2D eigenvalue weighted by Gasteiger charge is -2.35. The molecule has 0 unspecified atom stereocenters. The minimum absolute atomic E-state index is 0.0860. The van der Waals surface area contributed by atoms with Crippen LogP contribution in [-0.4, -0.2) is 25.7 Å². The zero-order chi connectivity index (χ0) is 13.3. The molecule has 0 aliphatic heterocycles. The van der Waals surface area contributed by atoms with Crippen molar-refractivity contribution in [2.24, 2.45) is 5.84 Å². The summed E-state index contributed by atoms with van der Waals surface area (Å²) in [7, 11) is 0. The Morgan fingerprint density at radius 3 is 2.79 bits per heavy atom. The summed E-state index contributed by atoms with van der Waals surface area (Å²) in [6.07, 6.45) is 7.88. The molecule has 2 aromatic rings. The number of nitrogen functional groups attached to an aromatic ring is 1. The Hall–Kier alpha value is -1.89. The van der Waals surface area contributed by atoms with Gasteiger partial charge in [-0.15, -0.1) is 0 Å². The first-order valence-electron chi connectivity index (χ1n) is 6.66. The van der Waals surface area contributed by atoms with Crippen LogP contribution < -0.4 is 16.6 Å². The van der Waals surface area contributed by atoms with Gasteiger partial charge in [0.15, 0.2) is 5.65 Å². The molecule has 0 spiro atoms. The fourth-order valence-electron chi connectivity index (χ4n) is 2.74. The minimum Gasteiger partial charge on any atom is -0.364 e. The molecule has 7 heteroatoms. The van der Waals surface area contributed by atoms with Crippen molar-refractivity contribution in [3.05, 3.63) is 6.20 Å². The van der Waals surface area contributed by atoms with Crippen molar-refractivity contribution >= 4 is 22.8 Å². The quantitative estimate of drug-likeness (QED) is 0.496. The van der Waals surface area contributed by atoms with E-state index >= 15 is 0 Å². The van der Waals surface area contributed by atoms with Gasteiger partial charge in [0.1, 0.15) is 5.82 Å². The number of fused-ring (bicyclic) bond motifs is 1. The van der Waals surface area contributed by atoms with Crippen molar-refractivity contribution in [2.75, 3.05) is 10.7 Å². The first kappa shape index (κ1) is 12.2. The Morgan fingerprint density at radius 1 is 1.26 bits per heavy atom. The molecule has 0 amide bonds. The van der Waals surface area contributed by atoms with Crippen LogP contribution in [0, 0.1) is 0 Å². The average Bonchev–Trinajstić information content (AvgIpc) is 2.87. The van der Waals surface area contributed by atoms with E-state index in [-0.39, 0.29) is 5.54 Å².